The van der Waals surface area contributed by atoms with Crippen LogP contribution >= 0.6 is 22.9 Å². The summed E-state index contributed by atoms with van der Waals surface area (Å²) in [6, 6.07) is 8.20. The number of rotatable bonds is 5. The Labute approximate surface area is 175 Å². The van der Waals surface area contributed by atoms with Crippen molar-refractivity contribution >= 4 is 44.6 Å². The van der Waals surface area contributed by atoms with Crippen molar-refractivity contribution in [2.24, 2.45) is 0 Å². The SMILES string of the molecule is Cc1cc(-c2cc(S(=O)(=O)Nc3ccc(C(=O)O)c(O)c3)sc2Cl)cc(C)c1O. The average molecular weight is 454 g/mol. The highest BCUT2D eigenvalue weighted by atomic mass is 35.5. The van der Waals surface area contributed by atoms with Gasteiger partial charge in [0.25, 0.3) is 10.0 Å². The molecule has 3 rings (SSSR count). The predicted octanol–water partition coefficient (Wildman–Crippen LogP) is 4.60. The lowest BCUT2D eigenvalue weighted by molar-refractivity contribution is 0.0693. The zero-order valence-electron chi connectivity index (χ0n) is 15.2. The molecule has 0 radical (unpaired) electrons. The van der Waals surface area contributed by atoms with E-state index in [1.165, 1.54) is 12.1 Å². The summed E-state index contributed by atoms with van der Waals surface area (Å²) in [7, 11) is -4.03. The number of aromatic carboxylic acids is 1. The van der Waals surface area contributed by atoms with Crippen LogP contribution in [0.25, 0.3) is 11.1 Å². The third kappa shape index (κ3) is 4.16. The maximum atomic E-state index is 12.7. The van der Waals surface area contributed by atoms with E-state index in [1.54, 1.807) is 26.0 Å². The van der Waals surface area contributed by atoms with E-state index in [2.05, 4.69) is 4.72 Å². The number of hydrogen-bond acceptors (Lipinski definition) is 6. The lowest BCUT2D eigenvalue weighted by atomic mass is 10.0. The lowest BCUT2D eigenvalue weighted by Gasteiger charge is -2.08. The molecule has 0 saturated heterocycles. The van der Waals surface area contributed by atoms with E-state index in [1.807, 2.05) is 0 Å². The van der Waals surface area contributed by atoms with Gasteiger partial charge in [0.2, 0.25) is 0 Å². The van der Waals surface area contributed by atoms with E-state index in [9.17, 15) is 23.4 Å². The molecule has 4 N–H and O–H groups in total. The maximum absolute atomic E-state index is 12.7. The smallest absolute Gasteiger partial charge is 0.339 e. The van der Waals surface area contributed by atoms with E-state index in [0.717, 1.165) is 23.5 Å². The molecule has 0 aliphatic rings. The first kappa shape index (κ1) is 21.0. The minimum Gasteiger partial charge on any atom is -0.507 e. The molecule has 0 amide bonds. The topological polar surface area (TPSA) is 124 Å². The molecule has 0 unspecified atom stereocenters. The van der Waals surface area contributed by atoms with Gasteiger partial charge in [-0.2, -0.15) is 0 Å². The van der Waals surface area contributed by atoms with Gasteiger partial charge in [-0.05, 0) is 60.9 Å². The number of halogens is 1. The molecule has 10 heteroatoms. The van der Waals surface area contributed by atoms with Crippen LogP contribution in [0.3, 0.4) is 0 Å². The van der Waals surface area contributed by atoms with Crippen LogP contribution in [0.15, 0.2) is 40.6 Å². The van der Waals surface area contributed by atoms with Gasteiger partial charge >= 0.3 is 5.97 Å². The first-order valence-electron chi connectivity index (χ1n) is 8.18. The van der Waals surface area contributed by atoms with Gasteiger partial charge < -0.3 is 15.3 Å². The summed E-state index contributed by atoms with van der Waals surface area (Å²) < 4.78 is 27.9. The van der Waals surface area contributed by atoms with Crippen LogP contribution in [-0.4, -0.2) is 29.7 Å². The monoisotopic (exact) mass is 453 g/mol. The normalized spacial score (nSPS) is 11.4. The number of phenols is 2. The zero-order valence-corrected chi connectivity index (χ0v) is 17.6. The van der Waals surface area contributed by atoms with Crippen molar-refractivity contribution in [3.05, 3.63) is 57.4 Å². The van der Waals surface area contributed by atoms with Crippen molar-refractivity contribution in [2.75, 3.05) is 4.72 Å². The third-order valence-corrected chi connectivity index (χ3v) is 7.42. The summed E-state index contributed by atoms with van der Waals surface area (Å²) in [5.41, 5.74) is 2.12. The number of phenolic OH excluding ortho intramolecular Hbond substituents is 1. The molecule has 0 spiro atoms. The lowest BCUT2D eigenvalue weighted by Crippen LogP contribution is -2.11. The Hall–Kier alpha value is -2.75. The van der Waals surface area contributed by atoms with E-state index in [-0.39, 0.29) is 25.5 Å². The van der Waals surface area contributed by atoms with Gasteiger partial charge in [0, 0.05) is 11.6 Å². The van der Waals surface area contributed by atoms with Gasteiger partial charge in [0.1, 0.15) is 25.6 Å². The molecule has 0 aliphatic carbocycles. The molecular formula is C19H16ClNO6S2. The van der Waals surface area contributed by atoms with Gasteiger partial charge in [0.05, 0.1) is 5.69 Å². The van der Waals surface area contributed by atoms with E-state index < -0.39 is 21.7 Å². The fourth-order valence-electron chi connectivity index (χ4n) is 2.77. The van der Waals surface area contributed by atoms with Crippen LogP contribution in [0.4, 0.5) is 5.69 Å². The zero-order chi connectivity index (χ0) is 21.5. The molecule has 1 aromatic heterocycles. The van der Waals surface area contributed by atoms with Crippen LogP contribution in [0.2, 0.25) is 4.34 Å². The minimum absolute atomic E-state index is 0.00916. The standard InChI is InChI=1S/C19H16ClNO6S2/c1-9-5-11(6-10(2)17(9)23)14-8-16(28-18(14)20)29(26,27)21-12-3-4-13(19(24)25)15(22)7-12/h3-8,21-23H,1-2H3,(H,24,25). The highest BCUT2D eigenvalue weighted by molar-refractivity contribution is 7.94. The third-order valence-electron chi connectivity index (χ3n) is 4.21. The largest absolute Gasteiger partial charge is 0.507 e. The number of thiophene rings is 1. The summed E-state index contributed by atoms with van der Waals surface area (Å²) in [5, 5.41) is 28.6. The molecule has 7 nitrogen and oxygen atoms in total. The van der Waals surface area contributed by atoms with Crippen LogP contribution in [0, 0.1) is 13.8 Å². The van der Waals surface area contributed by atoms with E-state index in [4.69, 9.17) is 16.7 Å². The molecule has 3 aromatic rings. The van der Waals surface area contributed by atoms with Crippen molar-refractivity contribution < 1.29 is 28.5 Å². The van der Waals surface area contributed by atoms with Crippen molar-refractivity contribution in [3.8, 4) is 22.6 Å². The number of nitrogens with one attached hydrogen (secondary N) is 1. The number of anilines is 1. The number of carboxylic acids is 1. The average Bonchev–Trinajstić information content (AvgIpc) is 3.01. The number of carboxylic acid groups (broad SMARTS) is 1. The van der Waals surface area contributed by atoms with Crippen molar-refractivity contribution in [2.45, 2.75) is 18.1 Å². The summed E-state index contributed by atoms with van der Waals surface area (Å²) in [4.78, 5) is 11.0. The summed E-state index contributed by atoms with van der Waals surface area (Å²) in [6.45, 7) is 3.47. The first-order valence-corrected chi connectivity index (χ1v) is 10.9. The Morgan fingerprint density at radius 3 is 2.24 bits per heavy atom. The molecule has 152 valence electrons. The van der Waals surface area contributed by atoms with Crippen LogP contribution in [-0.2, 0) is 10.0 Å². The van der Waals surface area contributed by atoms with Gasteiger partial charge in [-0.1, -0.05) is 11.6 Å². The maximum Gasteiger partial charge on any atom is 0.339 e. The van der Waals surface area contributed by atoms with Crippen molar-refractivity contribution in [1.29, 1.82) is 0 Å². The van der Waals surface area contributed by atoms with Crippen LogP contribution in [0.5, 0.6) is 11.5 Å². The van der Waals surface area contributed by atoms with Gasteiger partial charge in [0.15, 0.2) is 0 Å². The van der Waals surface area contributed by atoms with E-state index >= 15 is 0 Å². The second-order valence-corrected chi connectivity index (χ2v) is 9.92. The molecule has 29 heavy (non-hydrogen) atoms. The second-order valence-electron chi connectivity index (χ2n) is 6.35. The molecule has 2 aromatic carbocycles. The summed E-state index contributed by atoms with van der Waals surface area (Å²) in [6.07, 6.45) is 0. The van der Waals surface area contributed by atoms with Crippen molar-refractivity contribution in [3.63, 3.8) is 0 Å². The Morgan fingerprint density at radius 2 is 1.69 bits per heavy atom. The fourth-order valence-corrected chi connectivity index (χ4v) is 5.58. The number of hydrogen-bond donors (Lipinski definition) is 4. The molecule has 0 bridgehead atoms. The van der Waals surface area contributed by atoms with Crippen molar-refractivity contribution in [1.82, 2.24) is 0 Å². The van der Waals surface area contributed by atoms with Crippen LogP contribution in [0.1, 0.15) is 21.5 Å². The predicted molar refractivity (Wildman–Crippen MR) is 112 cm³/mol. The Kier molecular flexibility index (Phi) is 5.48. The molecule has 1 heterocycles. The Balaban J connectivity index is 1.96. The number of sulfonamides is 1. The summed E-state index contributed by atoms with van der Waals surface area (Å²) >= 11 is 7.13. The van der Waals surface area contributed by atoms with Gasteiger partial charge in [-0.25, -0.2) is 13.2 Å². The van der Waals surface area contributed by atoms with Gasteiger partial charge in [-0.15, -0.1) is 11.3 Å². The fraction of sp³-hybridized carbons (Fsp3) is 0.105. The molecular weight excluding hydrogens is 438 g/mol. The number of aromatic hydroxyl groups is 2. The Bertz CT molecular complexity index is 1210. The Morgan fingerprint density at radius 1 is 1.07 bits per heavy atom. The quantitative estimate of drug-likeness (QED) is 0.447. The molecule has 0 aliphatic heterocycles. The highest BCUT2D eigenvalue weighted by Gasteiger charge is 2.22. The summed E-state index contributed by atoms with van der Waals surface area (Å²) in [5.74, 6) is -1.72. The number of benzene rings is 2. The molecule has 0 atom stereocenters. The van der Waals surface area contributed by atoms with Gasteiger partial charge in [-0.3, -0.25) is 4.72 Å². The number of carbonyl (C=O) groups is 1. The number of aryl methyl sites for hydroxylation is 2. The highest BCUT2D eigenvalue weighted by Crippen LogP contribution is 2.40. The first-order chi connectivity index (χ1) is 13.5. The minimum atomic E-state index is -4.03. The van der Waals surface area contributed by atoms with E-state index in [0.29, 0.717) is 22.3 Å². The van der Waals surface area contributed by atoms with Crippen LogP contribution < -0.4 is 4.72 Å². The molecule has 0 fully saturated rings. The second kappa shape index (κ2) is 7.58. The molecule has 0 saturated carbocycles.